The highest BCUT2D eigenvalue weighted by molar-refractivity contribution is 6.46. The van der Waals surface area contributed by atoms with Gasteiger partial charge in [0.2, 0.25) is 0 Å². The Morgan fingerprint density at radius 1 is 1.09 bits per heavy atom. The number of phenols is 1. The lowest BCUT2D eigenvalue weighted by Crippen LogP contribution is -2.32. The zero-order valence-corrected chi connectivity index (χ0v) is 19.9. The summed E-state index contributed by atoms with van der Waals surface area (Å²) in [5.41, 5.74) is 0.871. The first kappa shape index (κ1) is 25.1. The number of likely N-dealkylation sites (tertiary alicyclic amines) is 1. The molecule has 34 heavy (non-hydrogen) atoms. The highest BCUT2D eigenvalue weighted by Crippen LogP contribution is 2.41. The maximum absolute atomic E-state index is 13.0. The topological polar surface area (TPSA) is 106 Å². The van der Waals surface area contributed by atoms with Gasteiger partial charge < -0.3 is 29.3 Å². The van der Waals surface area contributed by atoms with E-state index in [1.54, 1.807) is 43.3 Å². The summed E-state index contributed by atoms with van der Waals surface area (Å²) in [4.78, 5) is 27.3. The fourth-order valence-corrected chi connectivity index (χ4v) is 3.75. The lowest BCUT2D eigenvalue weighted by Gasteiger charge is -2.25. The standard InChI is InChI=1S/C26H31NO7/c1-5-33-21-14-18(8-11-20(21)28)23-22(25(30)26(31)27(23)12-13-32-4)24(29)17-6-9-19(10-7-17)34-15-16(2)3/h6-11,14,16,23,28-29H,5,12-13,15H2,1-4H3/b24-22+/t23-/m0/s1. The van der Waals surface area contributed by atoms with Crippen LogP contribution in [0.1, 0.15) is 37.9 Å². The van der Waals surface area contributed by atoms with Gasteiger partial charge in [0.25, 0.3) is 11.7 Å². The van der Waals surface area contributed by atoms with Crippen LogP contribution in [0.3, 0.4) is 0 Å². The molecule has 0 spiro atoms. The number of Topliss-reactive ketones (excluding diaryl/α,β-unsaturated/α-hetero) is 1. The highest BCUT2D eigenvalue weighted by atomic mass is 16.5. The summed E-state index contributed by atoms with van der Waals surface area (Å²) in [5.74, 6) is -0.633. The Balaban J connectivity index is 2.07. The molecule has 2 N–H and O–H groups in total. The van der Waals surface area contributed by atoms with Crippen molar-refractivity contribution < 1.29 is 34.0 Å². The third-order valence-electron chi connectivity index (χ3n) is 5.39. The van der Waals surface area contributed by atoms with Crippen LogP contribution in [0.25, 0.3) is 5.76 Å². The van der Waals surface area contributed by atoms with E-state index in [-0.39, 0.29) is 36.0 Å². The normalized spacial score (nSPS) is 17.4. The van der Waals surface area contributed by atoms with Gasteiger partial charge in [-0.05, 0) is 54.8 Å². The number of phenolic OH excluding ortho intramolecular Hbond substituents is 1. The van der Waals surface area contributed by atoms with Crippen molar-refractivity contribution >= 4 is 17.4 Å². The largest absolute Gasteiger partial charge is 0.507 e. The molecular weight excluding hydrogens is 438 g/mol. The fraction of sp³-hybridized carbons (Fsp3) is 0.385. The molecule has 2 aromatic carbocycles. The number of nitrogens with zero attached hydrogens (tertiary/aromatic N) is 1. The van der Waals surface area contributed by atoms with Crippen LogP contribution in [-0.4, -0.2) is 60.3 Å². The minimum Gasteiger partial charge on any atom is -0.507 e. The van der Waals surface area contributed by atoms with Gasteiger partial charge in [-0.15, -0.1) is 0 Å². The van der Waals surface area contributed by atoms with Gasteiger partial charge in [0, 0.05) is 19.2 Å². The second-order valence-electron chi connectivity index (χ2n) is 8.37. The van der Waals surface area contributed by atoms with E-state index in [1.165, 1.54) is 18.1 Å². The van der Waals surface area contributed by atoms with E-state index in [9.17, 15) is 19.8 Å². The van der Waals surface area contributed by atoms with E-state index in [0.29, 0.717) is 36.0 Å². The number of rotatable bonds is 10. The number of ether oxygens (including phenoxy) is 3. The van der Waals surface area contributed by atoms with Gasteiger partial charge in [0.1, 0.15) is 11.5 Å². The predicted octanol–water partition coefficient (Wildman–Crippen LogP) is 3.89. The van der Waals surface area contributed by atoms with Crippen LogP contribution >= 0.6 is 0 Å². The van der Waals surface area contributed by atoms with Crippen LogP contribution in [0.5, 0.6) is 17.2 Å². The average Bonchev–Trinajstić information content (AvgIpc) is 3.07. The van der Waals surface area contributed by atoms with Crippen LogP contribution in [0.2, 0.25) is 0 Å². The third kappa shape index (κ3) is 5.34. The molecule has 8 nitrogen and oxygen atoms in total. The molecule has 182 valence electrons. The Morgan fingerprint density at radius 3 is 2.41 bits per heavy atom. The van der Waals surface area contributed by atoms with E-state index in [0.717, 1.165) is 0 Å². The summed E-state index contributed by atoms with van der Waals surface area (Å²) in [5, 5.41) is 21.3. The highest BCUT2D eigenvalue weighted by Gasteiger charge is 2.46. The first-order valence-electron chi connectivity index (χ1n) is 11.2. The van der Waals surface area contributed by atoms with Gasteiger partial charge in [-0.3, -0.25) is 9.59 Å². The maximum atomic E-state index is 13.0. The van der Waals surface area contributed by atoms with Crippen LogP contribution < -0.4 is 9.47 Å². The zero-order chi connectivity index (χ0) is 24.8. The molecule has 0 unspecified atom stereocenters. The monoisotopic (exact) mass is 469 g/mol. The summed E-state index contributed by atoms with van der Waals surface area (Å²) < 4.78 is 16.3. The number of benzene rings is 2. The molecule has 1 saturated heterocycles. The van der Waals surface area contributed by atoms with Crippen molar-refractivity contribution in [2.24, 2.45) is 5.92 Å². The first-order chi connectivity index (χ1) is 16.3. The average molecular weight is 470 g/mol. The molecule has 1 atom stereocenters. The zero-order valence-electron chi connectivity index (χ0n) is 19.9. The summed E-state index contributed by atoms with van der Waals surface area (Å²) >= 11 is 0. The van der Waals surface area contributed by atoms with Crippen molar-refractivity contribution in [1.29, 1.82) is 0 Å². The summed E-state index contributed by atoms with van der Waals surface area (Å²) in [6, 6.07) is 10.5. The Bertz CT molecular complexity index is 1060. The van der Waals surface area contributed by atoms with Gasteiger partial charge in [-0.25, -0.2) is 0 Å². The summed E-state index contributed by atoms with van der Waals surface area (Å²) in [6.45, 7) is 7.11. The molecule has 0 bridgehead atoms. The number of carbonyl (C=O) groups is 2. The Morgan fingerprint density at radius 2 is 1.79 bits per heavy atom. The van der Waals surface area contributed by atoms with Crippen molar-refractivity contribution in [3.63, 3.8) is 0 Å². The SMILES string of the molecule is CCOc1cc([C@H]2/C(=C(\O)c3ccc(OCC(C)C)cc3)C(=O)C(=O)N2CCOC)ccc1O. The molecular formula is C26H31NO7. The van der Waals surface area contributed by atoms with E-state index in [1.807, 2.05) is 13.8 Å². The van der Waals surface area contributed by atoms with Gasteiger partial charge in [0.05, 0.1) is 31.4 Å². The second kappa shape index (κ2) is 11.1. The smallest absolute Gasteiger partial charge is 0.295 e. The molecule has 0 radical (unpaired) electrons. The van der Waals surface area contributed by atoms with E-state index < -0.39 is 17.7 Å². The Labute approximate surface area is 199 Å². The number of aliphatic hydroxyl groups is 1. The minimum atomic E-state index is -0.869. The first-order valence-corrected chi connectivity index (χ1v) is 11.2. The molecule has 2 aromatic rings. The van der Waals surface area contributed by atoms with E-state index in [4.69, 9.17) is 14.2 Å². The number of carbonyl (C=O) groups excluding carboxylic acids is 2. The lowest BCUT2D eigenvalue weighted by molar-refractivity contribution is -0.140. The molecule has 0 aliphatic carbocycles. The fourth-order valence-electron chi connectivity index (χ4n) is 3.75. The second-order valence-corrected chi connectivity index (χ2v) is 8.37. The molecule has 1 aliphatic rings. The van der Waals surface area contributed by atoms with Gasteiger partial charge in [-0.1, -0.05) is 19.9 Å². The van der Waals surface area contributed by atoms with E-state index >= 15 is 0 Å². The van der Waals surface area contributed by atoms with Crippen LogP contribution in [0.4, 0.5) is 0 Å². The molecule has 1 aliphatic heterocycles. The van der Waals surface area contributed by atoms with Crippen molar-refractivity contribution in [3.8, 4) is 17.2 Å². The van der Waals surface area contributed by atoms with Crippen molar-refractivity contribution in [3.05, 3.63) is 59.2 Å². The number of amides is 1. The Kier molecular flexibility index (Phi) is 8.17. The number of methoxy groups -OCH3 is 1. The lowest BCUT2D eigenvalue weighted by atomic mass is 9.95. The molecule has 1 heterocycles. The van der Waals surface area contributed by atoms with Gasteiger partial charge in [0.15, 0.2) is 11.5 Å². The molecule has 1 amide bonds. The third-order valence-corrected chi connectivity index (χ3v) is 5.39. The number of ketones is 1. The van der Waals surface area contributed by atoms with Crippen LogP contribution in [0, 0.1) is 5.92 Å². The molecule has 8 heteroatoms. The number of aliphatic hydroxyl groups excluding tert-OH is 1. The maximum Gasteiger partial charge on any atom is 0.295 e. The van der Waals surface area contributed by atoms with Gasteiger partial charge in [-0.2, -0.15) is 0 Å². The molecule has 0 aromatic heterocycles. The van der Waals surface area contributed by atoms with Crippen LogP contribution in [0.15, 0.2) is 48.0 Å². The number of aromatic hydroxyl groups is 1. The molecule has 0 saturated carbocycles. The number of hydrogen-bond acceptors (Lipinski definition) is 7. The van der Waals surface area contributed by atoms with Crippen LogP contribution in [-0.2, 0) is 14.3 Å². The molecule has 3 rings (SSSR count). The van der Waals surface area contributed by atoms with Gasteiger partial charge >= 0.3 is 0 Å². The predicted molar refractivity (Wildman–Crippen MR) is 127 cm³/mol. The molecule has 1 fully saturated rings. The summed E-state index contributed by atoms with van der Waals surface area (Å²) in [7, 11) is 1.50. The Hall–Kier alpha value is -3.52. The number of hydrogen-bond donors (Lipinski definition) is 2. The van der Waals surface area contributed by atoms with Crippen molar-refractivity contribution in [2.45, 2.75) is 26.8 Å². The minimum absolute atomic E-state index is 0.0370. The summed E-state index contributed by atoms with van der Waals surface area (Å²) in [6.07, 6.45) is 0. The van der Waals surface area contributed by atoms with Crippen molar-refractivity contribution in [1.82, 2.24) is 4.90 Å². The van der Waals surface area contributed by atoms with Crippen molar-refractivity contribution in [2.75, 3.05) is 33.5 Å². The van der Waals surface area contributed by atoms with E-state index in [2.05, 4.69) is 0 Å². The quantitative estimate of drug-likeness (QED) is 0.309.